The van der Waals surface area contributed by atoms with E-state index in [2.05, 4.69) is 5.32 Å². The smallest absolute Gasteiger partial charge is 0.266 e. The molecular weight excluding hydrogens is 387 g/mol. The van der Waals surface area contributed by atoms with Gasteiger partial charge in [0.2, 0.25) is 10.0 Å². The van der Waals surface area contributed by atoms with Crippen molar-refractivity contribution in [1.29, 1.82) is 0 Å². The van der Waals surface area contributed by atoms with E-state index in [9.17, 15) is 17.6 Å². The van der Waals surface area contributed by atoms with Crippen LogP contribution in [0, 0.1) is 12.7 Å². The van der Waals surface area contributed by atoms with Gasteiger partial charge in [0.25, 0.3) is 5.91 Å². The maximum atomic E-state index is 14.0. The number of halogens is 1. The molecule has 8 heteroatoms. The number of carbonyl (C=O) groups is 1. The Bertz CT molecular complexity index is 1140. The van der Waals surface area contributed by atoms with Gasteiger partial charge in [-0.15, -0.1) is 11.3 Å². The van der Waals surface area contributed by atoms with Crippen LogP contribution >= 0.6 is 11.3 Å². The first-order chi connectivity index (χ1) is 12.9. The van der Waals surface area contributed by atoms with Crippen LogP contribution in [0.2, 0.25) is 0 Å². The van der Waals surface area contributed by atoms with Crippen LogP contribution in [0.15, 0.2) is 42.5 Å². The molecule has 0 spiro atoms. The van der Waals surface area contributed by atoms with Gasteiger partial charge in [0, 0.05) is 22.3 Å². The highest BCUT2D eigenvalue weighted by molar-refractivity contribution is 7.93. The number of hydrogen-bond acceptors (Lipinski definition) is 4. The molecule has 1 aliphatic heterocycles. The molecular formula is C19H17FN2O3S2. The molecule has 0 aliphatic carbocycles. The number of carbonyl (C=O) groups excluding carboxylic acids is 1. The third kappa shape index (κ3) is 3.19. The number of amides is 1. The topological polar surface area (TPSA) is 66.5 Å². The third-order valence-corrected chi connectivity index (χ3v) is 7.75. The molecule has 0 bridgehead atoms. The Morgan fingerprint density at radius 3 is 2.56 bits per heavy atom. The number of rotatable bonds is 3. The van der Waals surface area contributed by atoms with Crippen LogP contribution in [0.5, 0.6) is 0 Å². The van der Waals surface area contributed by atoms with Crippen LogP contribution in [0.25, 0.3) is 10.1 Å². The van der Waals surface area contributed by atoms with Gasteiger partial charge in [-0.3, -0.25) is 9.10 Å². The molecule has 1 saturated heterocycles. The van der Waals surface area contributed by atoms with E-state index in [-0.39, 0.29) is 17.5 Å². The molecule has 1 aromatic heterocycles. The molecule has 3 aromatic rings. The van der Waals surface area contributed by atoms with E-state index >= 15 is 0 Å². The summed E-state index contributed by atoms with van der Waals surface area (Å²) in [6, 6.07) is 11.5. The maximum Gasteiger partial charge on any atom is 0.266 e. The Morgan fingerprint density at radius 1 is 1.19 bits per heavy atom. The minimum Gasteiger partial charge on any atom is -0.321 e. The van der Waals surface area contributed by atoms with Crippen molar-refractivity contribution >= 4 is 48.7 Å². The highest BCUT2D eigenvalue weighted by Crippen LogP contribution is 2.33. The predicted molar refractivity (Wildman–Crippen MR) is 107 cm³/mol. The van der Waals surface area contributed by atoms with E-state index < -0.39 is 10.0 Å². The molecule has 140 valence electrons. The summed E-state index contributed by atoms with van der Waals surface area (Å²) in [5, 5.41) is 3.27. The highest BCUT2D eigenvalue weighted by atomic mass is 32.2. The maximum absolute atomic E-state index is 14.0. The summed E-state index contributed by atoms with van der Waals surface area (Å²) in [5.74, 6) is -0.487. The lowest BCUT2D eigenvalue weighted by Crippen LogP contribution is -2.24. The molecule has 1 fully saturated rings. The zero-order valence-corrected chi connectivity index (χ0v) is 16.2. The van der Waals surface area contributed by atoms with E-state index in [1.165, 1.54) is 21.7 Å². The molecule has 1 amide bonds. The first kappa shape index (κ1) is 17.9. The van der Waals surface area contributed by atoms with E-state index in [0.29, 0.717) is 40.2 Å². The predicted octanol–water partition coefficient (Wildman–Crippen LogP) is 4.14. The molecule has 27 heavy (non-hydrogen) atoms. The summed E-state index contributed by atoms with van der Waals surface area (Å²) in [5.41, 5.74) is 1.76. The second-order valence-corrected chi connectivity index (χ2v) is 9.48. The van der Waals surface area contributed by atoms with Crippen LogP contribution < -0.4 is 9.62 Å². The van der Waals surface area contributed by atoms with Crippen LogP contribution in [-0.2, 0) is 10.0 Å². The van der Waals surface area contributed by atoms with Crippen molar-refractivity contribution in [3.8, 4) is 0 Å². The minimum absolute atomic E-state index is 0.160. The van der Waals surface area contributed by atoms with Gasteiger partial charge in [0.05, 0.1) is 16.3 Å². The van der Waals surface area contributed by atoms with Gasteiger partial charge in [-0.05, 0) is 55.3 Å². The van der Waals surface area contributed by atoms with Gasteiger partial charge in [-0.1, -0.05) is 6.07 Å². The average molecular weight is 404 g/mol. The molecule has 0 radical (unpaired) electrons. The standard InChI is InChI=1S/C19H17FN2O3S2/c1-12-17-15(20)4-2-5-16(17)26-18(12)19(23)21-13-6-8-14(9-7-13)22-10-3-11-27(22,24)25/h2,4-9H,3,10-11H2,1H3,(H,21,23). The zero-order valence-electron chi connectivity index (χ0n) is 14.5. The average Bonchev–Trinajstić information content (AvgIpc) is 3.16. The Kier molecular flexibility index (Phi) is 4.39. The first-order valence-corrected chi connectivity index (χ1v) is 10.9. The van der Waals surface area contributed by atoms with Crippen molar-refractivity contribution in [2.75, 3.05) is 21.9 Å². The van der Waals surface area contributed by atoms with Crippen LogP contribution in [0.4, 0.5) is 15.8 Å². The number of nitrogens with one attached hydrogen (secondary N) is 1. The van der Waals surface area contributed by atoms with Gasteiger partial charge in [-0.2, -0.15) is 0 Å². The SMILES string of the molecule is Cc1c(C(=O)Nc2ccc(N3CCCS3(=O)=O)cc2)sc2cccc(F)c12. The normalized spacial score (nSPS) is 16.0. The number of thiophene rings is 1. The van der Waals surface area contributed by atoms with Gasteiger partial charge >= 0.3 is 0 Å². The fraction of sp³-hybridized carbons (Fsp3) is 0.211. The summed E-state index contributed by atoms with van der Waals surface area (Å²) in [6.07, 6.45) is 0.614. The quantitative estimate of drug-likeness (QED) is 0.713. The van der Waals surface area contributed by atoms with Crippen LogP contribution in [0.1, 0.15) is 21.7 Å². The van der Waals surface area contributed by atoms with Crippen molar-refractivity contribution in [3.63, 3.8) is 0 Å². The van der Waals surface area contributed by atoms with Crippen LogP contribution in [0.3, 0.4) is 0 Å². The van der Waals surface area contributed by atoms with Crippen LogP contribution in [-0.4, -0.2) is 26.6 Å². The van der Waals surface area contributed by atoms with Crippen molar-refractivity contribution in [2.45, 2.75) is 13.3 Å². The van der Waals surface area contributed by atoms with Crippen molar-refractivity contribution < 1.29 is 17.6 Å². The summed E-state index contributed by atoms with van der Waals surface area (Å²) in [6.45, 7) is 2.21. The summed E-state index contributed by atoms with van der Waals surface area (Å²) in [7, 11) is -3.23. The number of hydrogen-bond donors (Lipinski definition) is 1. The molecule has 1 aliphatic rings. The second kappa shape index (κ2) is 6.61. The molecule has 2 aromatic carbocycles. The zero-order chi connectivity index (χ0) is 19.2. The largest absolute Gasteiger partial charge is 0.321 e. The molecule has 1 N–H and O–H groups in total. The molecule has 2 heterocycles. The lowest BCUT2D eigenvalue weighted by atomic mass is 10.1. The number of anilines is 2. The van der Waals surface area contributed by atoms with Crippen molar-refractivity contribution in [1.82, 2.24) is 0 Å². The Balaban J connectivity index is 1.57. The number of benzene rings is 2. The second-order valence-electron chi connectivity index (χ2n) is 6.41. The lowest BCUT2D eigenvalue weighted by molar-refractivity contribution is 0.103. The van der Waals surface area contributed by atoms with Gasteiger partial charge in [-0.25, -0.2) is 12.8 Å². The number of aryl methyl sites for hydroxylation is 1. The van der Waals surface area contributed by atoms with E-state index in [0.717, 1.165) is 4.70 Å². The van der Waals surface area contributed by atoms with E-state index in [1.54, 1.807) is 43.3 Å². The van der Waals surface area contributed by atoms with Crippen molar-refractivity contribution in [2.24, 2.45) is 0 Å². The molecule has 5 nitrogen and oxygen atoms in total. The van der Waals surface area contributed by atoms with Gasteiger partial charge in [0.1, 0.15) is 5.82 Å². The Morgan fingerprint density at radius 2 is 1.93 bits per heavy atom. The molecule has 0 atom stereocenters. The number of sulfonamides is 1. The fourth-order valence-corrected chi connectivity index (χ4v) is 5.98. The van der Waals surface area contributed by atoms with Crippen molar-refractivity contribution in [3.05, 3.63) is 58.7 Å². The lowest BCUT2D eigenvalue weighted by Gasteiger charge is -2.17. The minimum atomic E-state index is -3.23. The van der Waals surface area contributed by atoms with Gasteiger partial charge < -0.3 is 5.32 Å². The highest BCUT2D eigenvalue weighted by Gasteiger charge is 2.28. The first-order valence-electron chi connectivity index (χ1n) is 8.46. The molecule has 4 rings (SSSR count). The van der Waals surface area contributed by atoms with E-state index in [1.807, 2.05) is 0 Å². The number of fused-ring (bicyclic) bond motifs is 1. The Labute approximate surface area is 160 Å². The summed E-state index contributed by atoms with van der Waals surface area (Å²) >= 11 is 1.25. The van der Waals surface area contributed by atoms with Gasteiger partial charge in [0.15, 0.2) is 0 Å². The summed E-state index contributed by atoms with van der Waals surface area (Å²) in [4.78, 5) is 13.1. The van der Waals surface area contributed by atoms with E-state index in [4.69, 9.17) is 0 Å². The molecule has 0 unspecified atom stereocenters. The number of nitrogens with zero attached hydrogens (tertiary/aromatic N) is 1. The summed E-state index contributed by atoms with van der Waals surface area (Å²) < 4.78 is 40.1. The third-order valence-electron chi connectivity index (χ3n) is 4.62. The Hall–Kier alpha value is -2.45. The monoisotopic (exact) mass is 404 g/mol. The fourth-order valence-electron chi connectivity index (χ4n) is 3.30. The molecule has 0 saturated carbocycles.